The van der Waals surface area contributed by atoms with E-state index in [0.29, 0.717) is 22.4 Å². The molecule has 0 bridgehead atoms. The minimum Gasteiger partial charge on any atom is -0.489 e. The van der Waals surface area contributed by atoms with Crippen LogP contribution in [0.2, 0.25) is 0 Å². The average Bonchev–Trinajstić information content (AvgIpc) is 3.25. The van der Waals surface area contributed by atoms with Gasteiger partial charge in [0.05, 0.1) is 25.2 Å². The van der Waals surface area contributed by atoms with E-state index in [1.807, 2.05) is 6.07 Å². The molecule has 1 aliphatic rings. The third-order valence-corrected chi connectivity index (χ3v) is 7.04. The molecule has 39 heavy (non-hydrogen) atoms. The summed E-state index contributed by atoms with van der Waals surface area (Å²) in [5.41, 5.74) is 1.97. The summed E-state index contributed by atoms with van der Waals surface area (Å²) in [7, 11) is 1.25. The number of hydrogen-bond donors (Lipinski definition) is 1. The van der Waals surface area contributed by atoms with E-state index < -0.39 is 29.6 Å². The van der Waals surface area contributed by atoms with E-state index in [0.717, 1.165) is 42.2 Å². The lowest BCUT2D eigenvalue weighted by atomic mass is 9.79. The van der Waals surface area contributed by atoms with Crippen LogP contribution in [-0.4, -0.2) is 18.2 Å². The molecular weight excluding hydrogens is 512 g/mol. The van der Waals surface area contributed by atoms with E-state index in [1.54, 1.807) is 36.4 Å². The predicted octanol–water partition coefficient (Wildman–Crippen LogP) is 7.89. The van der Waals surface area contributed by atoms with Gasteiger partial charge in [-0.25, -0.2) is 4.39 Å². The van der Waals surface area contributed by atoms with Crippen molar-refractivity contribution >= 4 is 11.5 Å². The first-order valence-corrected chi connectivity index (χ1v) is 12.6. The number of ether oxygens (including phenoxy) is 2. The van der Waals surface area contributed by atoms with Gasteiger partial charge in [0, 0.05) is 5.56 Å². The smallest absolute Gasteiger partial charge is 0.416 e. The fourth-order valence-electron chi connectivity index (χ4n) is 4.85. The number of rotatable bonds is 8. The van der Waals surface area contributed by atoms with Gasteiger partial charge in [0.2, 0.25) is 0 Å². The Morgan fingerprint density at radius 2 is 1.79 bits per heavy atom. The minimum absolute atomic E-state index is 0.108. The van der Waals surface area contributed by atoms with Crippen LogP contribution in [0, 0.1) is 11.2 Å². The average molecular weight is 543 g/mol. The summed E-state index contributed by atoms with van der Waals surface area (Å²) in [6.07, 6.45) is -2.10. The van der Waals surface area contributed by atoms with Gasteiger partial charge in [-0.2, -0.15) is 13.2 Å². The van der Waals surface area contributed by atoms with Crippen LogP contribution in [-0.2, 0) is 22.3 Å². The number of esters is 1. The topological polar surface area (TPSA) is 55.8 Å². The van der Waals surface area contributed by atoms with Gasteiger partial charge in [0.25, 0.3) is 0 Å². The Morgan fingerprint density at radius 1 is 1.03 bits per heavy atom. The predicted molar refractivity (Wildman–Crippen MR) is 140 cm³/mol. The SMILES string of the molecule is COC(=O)C[C@@H](O)c1cccc(OCc2ccc(-c3cc(C(F)(F)F)ccc3F)c(C3=CCCC3(C)C)c2)c1. The zero-order chi connectivity index (χ0) is 28.4. The molecule has 1 aliphatic carbocycles. The zero-order valence-corrected chi connectivity index (χ0v) is 21.9. The molecule has 0 aromatic heterocycles. The Morgan fingerprint density at radius 3 is 2.46 bits per heavy atom. The van der Waals surface area contributed by atoms with Crippen molar-refractivity contribution < 1.29 is 36.9 Å². The molecule has 0 unspecified atom stereocenters. The first-order chi connectivity index (χ1) is 18.4. The number of carbonyl (C=O) groups excluding carboxylic acids is 1. The van der Waals surface area contributed by atoms with E-state index in [4.69, 9.17) is 4.74 Å². The van der Waals surface area contributed by atoms with E-state index in [2.05, 4.69) is 24.7 Å². The first-order valence-electron chi connectivity index (χ1n) is 12.6. The van der Waals surface area contributed by atoms with Gasteiger partial charge in [-0.1, -0.05) is 44.2 Å². The maximum Gasteiger partial charge on any atom is 0.416 e. The summed E-state index contributed by atoms with van der Waals surface area (Å²) in [4.78, 5) is 11.5. The largest absolute Gasteiger partial charge is 0.489 e. The van der Waals surface area contributed by atoms with Gasteiger partial charge in [0.1, 0.15) is 18.2 Å². The van der Waals surface area contributed by atoms with E-state index in [1.165, 1.54) is 7.11 Å². The highest BCUT2D eigenvalue weighted by Gasteiger charge is 2.33. The van der Waals surface area contributed by atoms with Crippen LogP contribution in [0.15, 0.2) is 66.7 Å². The van der Waals surface area contributed by atoms with E-state index in [9.17, 15) is 27.5 Å². The van der Waals surface area contributed by atoms with Gasteiger partial charge in [-0.15, -0.1) is 0 Å². The Kier molecular flexibility index (Phi) is 8.16. The number of benzene rings is 3. The monoisotopic (exact) mass is 542 g/mol. The number of alkyl halides is 3. The van der Waals surface area contributed by atoms with Crippen molar-refractivity contribution in [2.24, 2.45) is 5.41 Å². The molecular formula is C31H30F4O4. The highest BCUT2D eigenvalue weighted by atomic mass is 19.4. The summed E-state index contributed by atoms with van der Waals surface area (Å²) in [6, 6.07) is 14.4. The number of halogens is 4. The summed E-state index contributed by atoms with van der Waals surface area (Å²) in [5, 5.41) is 10.3. The quantitative estimate of drug-likeness (QED) is 0.232. The molecule has 4 rings (SSSR count). The van der Waals surface area contributed by atoms with Crippen LogP contribution in [0.1, 0.15) is 61.5 Å². The molecule has 206 valence electrons. The highest BCUT2D eigenvalue weighted by molar-refractivity contribution is 5.85. The Bertz CT molecular complexity index is 1390. The number of aliphatic hydroxyl groups excluding tert-OH is 1. The summed E-state index contributed by atoms with van der Waals surface area (Å²) in [5.74, 6) is -0.804. The molecule has 0 saturated carbocycles. The number of allylic oxidation sites excluding steroid dienone is 2. The van der Waals surface area contributed by atoms with Gasteiger partial charge in [-0.3, -0.25) is 4.79 Å². The van der Waals surface area contributed by atoms with Crippen molar-refractivity contribution in [2.45, 2.75) is 52.0 Å². The highest BCUT2D eigenvalue weighted by Crippen LogP contribution is 2.47. The van der Waals surface area contributed by atoms with Crippen LogP contribution >= 0.6 is 0 Å². The first kappa shape index (κ1) is 28.4. The fraction of sp³-hybridized carbons (Fsp3) is 0.323. The molecule has 4 nitrogen and oxygen atoms in total. The zero-order valence-electron chi connectivity index (χ0n) is 21.9. The second-order valence-corrected chi connectivity index (χ2v) is 10.3. The lowest BCUT2D eigenvalue weighted by molar-refractivity contribution is -0.143. The molecule has 8 heteroatoms. The van der Waals surface area contributed by atoms with Crippen molar-refractivity contribution in [1.29, 1.82) is 0 Å². The van der Waals surface area contributed by atoms with Crippen LogP contribution in [0.25, 0.3) is 16.7 Å². The second-order valence-electron chi connectivity index (χ2n) is 10.3. The van der Waals surface area contributed by atoms with Crippen molar-refractivity contribution in [3.05, 3.63) is 94.8 Å². The molecule has 1 atom stereocenters. The lowest BCUT2D eigenvalue weighted by Crippen LogP contribution is -2.11. The maximum atomic E-state index is 14.9. The summed E-state index contributed by atoms with van der Waals surface area (Å²) in [6.45, 7) is 4.25. The third-order valence-electron chi connectivity index (χ3n) is 7.04. The van der Waals surface area contributed by atoms with Crippen LogP contribution < -0.4 is 4.74 Å². The third kappa shape index (κ3) is 6.50. The normalized spacial score (nSPS) is 15.5. The summed E-state index contributed by atoms with van der Waals surface area (Å²) >= 11 is 0. The maximum absolute atomic E-state index is 14.9. The van der Waals surface area contributed by atoms with Crippen LogP contribution in [0.5, 0.6) is 5.75 Å². The van der Waals surface area contributed by atoms with Crippen molar-refractivity contribution in [2.75, 3.05) is 7.11 Å². The molecule has 0 aliphatic heterocycles. The standard InChI is InChI=1S/C31H30F4O4/c1-30(2)13-5-8-26(30)24-14-19(9-11-23(24)25-16-21(31(33,34)35)10-12-27(25)32)18-39-22-7-4-6-20(15-22)28(36)17-29(37)38-3/h4,6-12,14-16,28,36H,5,13,17-18H2,1-3H3/t28-/m1/s1. The molecule has 0 radical (unpaired) electrons. The lowest BCUT2D eigenvalue weighted by Gasteiger charge is -2.26. The van der Waals surface area contributed by atoms with Crippen molar-refractivity contribution in [3.63, 3.8) is 0 Å². The van der Waals surface area contributed by atoms with Gasteiger partial charge in [0.15, 0.2) is 0 Å². The van der Waals surface area contributed by atoms with Crippen LogP contribution in [0.3, 0.4) is 0 Å². The van der Waals surface area contributed by atoms with Gasteiger partial charge in [-0.05, 0) is 82.5 Å². The van der Waals surface area contributed by atoms with E-state index >= 15 is 0 Å². The molecule has 1 N–H and O–H groups in total. The molecule has 0 fully saturated rings. The molecule has 3 aromatic rings. The van der Waals surface area contributed by atoms with Crippen molar-refractivity contribution in [3.8, 4) is 16.9 Å². The molecule has 0 heterocycles. The van der Waals surface area contributed by atoms with Gasteiger partial charge >= 0.3 is 12.1 Å². The minimum atomic E-state index is -4.60. The Balaban J connectivity index is 1.67. The number of carbonyl (C=O) groups is 1. The molecule has 3 aromatic carbocycles. The van der Waals surface area contributed by atoms with E-state index in [-0.39, 0.29) is 24.0 Å². The number of hydrogen-bond acceptors (Lipinski definition) is 4. The number of aliphatic hydroxyl groups is 1. The second kappa shape index (κ2) is 11.2. The Labute approximate surface area is 224 Å². The number of methoxy groups -OCH3 is 1. The Hall–Kier alpha value is -3.65. The molecule has 0 saturated heterocycles. The fourth-order valence-corrected chi connectivity index (χ4v) is 4.85. The summed E-state index contributed by atoms with van der Waals surface area (Å²) < 4.78 is 65.8. The van der Waals surface area contributed by atoms with Crippen LogP contribution in [0.4, 0.5) is 17.6 Å². The molecule has 0 spiro atoms. The van der Waals surface area contributed by atoms with Gasteiger partial charge < -0.3 is 14.6 Å². The molecule has 0 amide bonds. The van der Waals surface area contributed by atoms with Crippen molar-refractivity contribution in [1.82, 2.24) is 0 Å².